The molecule has 160 valence electrons. The molecule has 0 atom stereocenters. The molecule has 0 bridgehead atoms. The Balaban J connectivity index is 1.45. The van der Waals surface area contributed by atoms with E-state index in [4.69, 9.17) is 9.84 Å². The maximum atomic E-state index is 5.55. The molecule has 3 heterocycles. The van der Waals surface area contributed by atoms with Gasteiger partial charge in [0.1, 0.15) is 5.82 Å². The minimum atomic E-state index is 0.390. The van der Waals surface area contributed by atoms with Crippen LogP contribution in [0.1, 0.15) is 42.1 Å². The predicted molar refractivity (Wildman–Crippen MR) is 119 cm³/mol. The van der Waals surface area contributed by atoms with Gasteiger partial charge in [0.2, 0.25) is 0 Å². The van der Waals surface area contributed by atoms with Crippen molar-refractivity contribution >= 4 is 5.82 Å². The molecule has 0 amide bonds. The lowest BCUT2D eigenvalue weighted by Gasteiger charge is -2.29. The van der Waals surface area contributed by atoms with E-state index in [9.17, 15) is 0 Å². The summed E-state index contributed by atoms with van der Waals surface area (Å²) >= 11 is 0. The molecule has 0 spiro atoms. The molecule has 0 radical (unpaired) electrons. The lowest BCUT2D eigenvalue weighted by Crippen LogP contribution is -2.38. The molecule has 1 N–H and O–H groups in total. The Morgan fingerprint density at radius 2 is 1.93 bits per heavy atom. The van der Waals surface area contributed by atoms with Gasteiger partial charge in [-0.05, 0) is 17.0 Å². The summed E-state index contributed by atoms with van der Waals surface area (Å²) in [6.45, 7) is 10.3. The number of aromatic nitrogens is 4. The zero-order valence-corrected chi connectivity index (χ0v) is 18.2. The Morgan fingerprint density at radius 3 is 2.67 bits per heavy atom. The normalized spacial score (nSPS) is 14.6. The highest BCUT2D eigenvalue weighted by Gasteiger charge is 2.23. The summed E-state index contributed by atoms with van der Waals surface area (Å²) in [6.07, 6.45) is 5.67. The summed E-state index contributed by atoms with van der Waals surface area (Å²) in [4.78, 5) is 6.53. The number of benzene rings is 1. The lowest BCUT2D eigenvalue weighted by molar-refractivity contribution is 0.122. The molecule has 30 heavy (non-hydrogen) atoms. The highest BCUT2D eigenvalue weighted by atomic mass is 16.5. The summed E-state index contributed by atoms with van der Waals surface area (Å²) in [6, 6.07) is 8.74. The second-order valence-corrected chi connectivity index (χ2v) is 8.22. The van der Waals surface area contributed by atoms with E-state index >= 15 is 0 Å². The zero-order valence-electron chi connectivity index (χ0n) is 18.2. The average molecular weight is 409 g/mol. The van der Waals surface area contributed by atoms with E-state index in [1.807, 2.05) is 23.4 Å². The fourth-order valence-electron chi connectivity index (χ4n) is 4.14. The van der Waals surface area contributed by atoms with Crippen LogP contribution in [0, 0.1) is 0 Å². The van der Waals surface area contributed by atoms with Gasteiger partial charge in [0.15, 0.2) is 0 Å². The van der Waals surface area contributed by atoms with Crippen LogP contribution in [-0.4, -0.2) is 45.6 Å². The minimum Gasteiger partial charge on any atom is -0.378 e. The molecule has 1 aliphatic rings. The Labute approximate surface area is 178 Å². The summed E-state index contributed by atoms with van der Waals surface area (Å²) in [7, 11) is 2.06. The molecule has 7 nitrogen and oxygen atoms in total. The zero-order chi connectivity index (χ0) is 20.9. The number of nitrogens with one attached hydrogen (secondary N) is 1. The number of hydrogen-bond donors (Lipinski definition) is 1. The van der Waals surface area contributed by atoms with Crippen LogP contribution < -0.4 is 10.2 Å². The second kappa shape index (κ2) is 9.45. The van der Waals surface area contributed by atoms with E-state index in [0.717, 1.165) is 45.9 Å². The molecule has 4 rings (SSSR count). The summed E-state index contributed by atoms with van der Waals surface area (Å²) in [5, 5.41) is 8.51. The van der Waals surface area contributed by atoms with Crippen molar-refractivity contribution < 1.29 is 4.74 Å². The quantitative estimate of drug-likeness (QED) is 0.621. The molecule has 3 aromatic rings. The van der Waals surface area contributed by atoms with Crippen LogP contribution in [0.25, 0.3) is 0 Å². The predicted octanol–water partition coefficient (Wildman–Crippen LogP) is 2.91. The Hall–Kier alpha value is -2.64. The first kappa shape index (κ1) is 20.6. The summed E-state index contributed by atoms with van der Waals surface area (Å²) in [5.41, 5.74) is 5.06. The van der Waals surface area contributed by atoms with E-state index < -0.39 is 0 Å². The largest absolute Gasteiger partial charge is 0.378 e. The summed E-state index contributed by atoms with van der Waals surface area (Å²) in [5.74, 6) is 1.62. The third-order valence-electron chi connectivity index (χ3n) is 5.55. The van der Waals surface area contributed by atoms with Gasteiger partial charge < -0.3 is 19.5 Å². The van der Waals surface area contributed by atoms with Crippen molar-refractivity contribution in [3.8, 4) is 0 Å². The molecule has 2 aromatic heterocycles. The van der Waals surface area contributed by atoms with Crippen LogP contribution in [0.4, 0.5) is 5.82 Å². The molecule has 0 saturated carbocycles. The van der Waals surface area contributed by atoms with E-state index in [-0.39, 0.29) is 0 Å². The van der Waals surface area contributed by atoms with Gasteiger partial charge in [-0.15, -0.1) is 0 Å². The van der Waals surface area contributed by atoms with Crippen molar-refractivity contribution in [1.29, 1.82) is 0 Å². The van der Waals surface area contributed by atoms with Gasteiger partial charge in [0, 0.05) is 57.7 Å². The third-order valence-corrected chi connectivity index (χ3v) is 5.55. The highest BCUT2D eigenvalue weighted by molar-refractivity contribution is 5.51. The van der Waals surface area contributed by atoms with Crippen molar-refractivity contribution in [2.24, 2.45) is 7.05 Å². The molecule has 1 aliphatic heterocycles. The number of rotatable bonds is 8. The van der Waals surface area contributed by atoms with Crippen LogP contribution in [-0.2, 0) is 31.4 Å². The van der Waals surface area contributed by atoms with E-state index in [1.165, 1.54) is 28.2 Å². The topological polar surface area (TPSA) is 60.1 Å². The van der Waals surface area contributed by atoms with E-state index in [1.54, 1.807) is 0 Å². The van der Waals surface area contributed by atoms with Crippen LogP contribution >= 0.6 is 0 Å². The van der Waals surface area contributed by atoms with Gasteiger partial charge in [0.05, 0.1) is 25.2 Å². The maximum Gasteiger partial charge on any atom is 0.131 e. The maximum absolute atomic E-state index is 5.55. The first-order chi connectivity index (χ1) is 14.6. The highest BCUT2D eigenvalue weighted by Crippen LogP contribution is 2.29. The van der Waals surface area contributed by atoms with Crippen LogP contribution in [0.15, 0.2) is 43.0 Å². The number of hydrogen-bond acceptors (Lipinski definition) is 5. The number of imidazole rings is 1. The molecule has 1 fully saturated rings. The first-order valence-corrected chi connectivity index (χ1v) is 10.7. The van der Waals surface area contributed by atoms with Gasteiger partial charge in [-0.2, -0.15) is 5.10 Å². The first-order valence-electron chi connectivity index (χ1n) is 10.7. The lowest BCUT2D eigenvalue weighted by atomic mass is 10.0. The average Bonchev–Trinajstić information content (AvgIpc) is 3.37. The fourth-order valence-corrected chi connectivity index (χ4v) is 4.14. The Bertz CT molecular complexity index is 941. The monoisotopic (exact) mass is 408 g/mol. The van der Waals surface area contributed by atoms with Gasteiger partial charge >= 0.3 is 0 Å². The molecular formula is C23H32N6O. The molecule has 1 saturated heterocycles. The smallest absolute Gasteiger partial charge is 0.131 e. The van der Waals surface area contributed by atoms with Crippen LogP contribution in [0.2, 0.25) is 0 Å². The van der Waals surface area contributed by atoms with Gasteiger partial charge in [-0.1, -0.05) is 38.1 Å². The Morgan fingerprint density at radius 1 is 1.13 bits per heavy atom. The van der Waals surface area contributed by atoms with Gasteiger partial charge in [-0.3, -0.25) is 4.68 Å². The molecule has 0 aliphatic carbocycles. The SMILES string of the molecule is CC(C)c1nn(C)c(N2CCOCC2)c1CNCc1cccc(Cn2ccnc2)c1. The molecule has 0 unspecified atom stereocenters. The molecule has 1 aromatic carbocycles. The van der Waals surface area contributed by atoms with E-state index in [2.05, 4.69) is 64.9 Å². The van der Waals surface area contributed by atoms with E-state index in [0.29, 0.717) is 5.92 Å². The number of aryl methyl sites for hydroxylation is 1. The van der Waals surface area contributed by atoms with Crippen molar-refractivity contribution in [1.82, 2.24) is 24.6 Å². The minimum absolute atomic E-state index is 0.390. The number of anilines is 1. The van der Waals surface area contributed by atoms with Gasteiger partial charge in [-0.25, -0.2) is 4.98 Å². The van der Waals surface area contributed by atoms with Crippen molar-refractivity contribution in [3.63, 3.8) is 0 Å². The van der Waals surface area contributed by atoms with Crippen LogP contribution in [0.5, 0.6) is 0 Å². The number of morpholine rings is 1. The van der Waals surface area contributed by atoms with Crippen molar-refractivity contribution in [2.75, 3.05) is 31.2 Å². The van der Waals surface area contributed by atoms with Crippen LogP contribution in [0.3, 0.4) is 0 Å². The molecule has 7 heteroatoms. The van der Waals surface area contributed by atoms with Crippen molar-refractivity contribution in [3.05, 3.63) is 65.4 Å². The Kier molecular flexibility index (Phi) is 6.50. The number of nitrogens with zero attached hydrogens (tertiary/aromatic N) is 5. The molecular weight excluding hydrogens is 376 g/mol. The van der Waals surface area contributed by atoms with Crippen molar-refractivity contribution in [2.45, 2.75) is 39.4 Å². The number of ether oxygens (including phenoxy) is 1. The standard InChI is InChI=1S/C23H32N6O/c1-18(2)22-21(23(27(3)26-22)29-9-11-30-12-10-29)15-25-14-19-5-4-6-20(13-19)16-28-8-7-24-17-28/h4-8,13,17-18,25H,9-12,14-16H2,1-3H3. The fraction of sp³-hybridized carbons (Fsp3) is 0.478. The summed E-state index contributed by atoms with van der Waals surface area (Å²) < 4.78 is 9.68. The third kappa shape index (κ3) is 4.74. The van der Waals surface area contributed by atoms with Gasteiger partial charge in [0.25, 0.3) is 0 Å². The second-order valence-electron chi connectivity index (χ2n) is 8.22.